The lowest BCUT2D eigenvalue weighted by Gasteiger charge is -2.18. The van der Waals surface area contributed by atoms with Gasteiger partial charge < -0.3 is 10.8 Å². The first-order chi connectivity index (χ1) is 6.56. The van der Waals surface area contributed by atoms with Crippen molar-refractivity contribution in [3.8, 4) is 0 Å². The number of aromatic nitrogens is 1. The topological polar surface area (TPSA) is 59.1 Å². The summed E-state index contributed by atoms with van der Waals surface area (Å²) in [5.74, 6) is -0.538. The molecule has 0 saturated heterocycles. The molecule has 3 nitrogen and oxygen atoms in total. The first kappa shape index (κ1) is 11.1. The highest BCUT2D eigenvalue weighted by Gasteiger charge is 2.17. The molecule has 1 rings (SSSR count). The Morgan fingerprint density at radius 1 is 1.64 bits per heavy atom. The SMILES string of the molecule is CC[C@@H](N)[C@@H](O)c1cnc(F)cc1C. The second-order valence-corrected chi connectivity index (χ2v) is 3.38. The summed E-state index contributed by atoms with van der Waals surface area (Å²) < 4.78 is 12.7. The number of pyridine rings is 1. The molecule has 0 aliphatic rings. The van der Waals surface area contributed by atoms with Crippen molar-refractivity contribution < 1.29 is 9.50 Å². The fourth-order valence-electron chi connectivity index (χ4n) is 1.30. The zero-order chi connectivity index (χ0) is 10.7. The van der Waals surface area contributed by atoms with Crippen LogP contribution < -0.4 is 5.73 Å². The van der Waals surface area contributed by atoms with E-state index in [0.717, 1.165) is 0 Å². The van der Waals surface area contributed by atoms with E-state index in [0.29, 0.717) is 17.5 Å². The Bertz CT molecular complexity index is 317. The highest BCUT2D eigenvalue weighted by molar-refractivity contribution is 5.25. The molecule has 0 saturated carbocycles. The van der Waals surface area contributed by atoms with Gasteiger partial charge in [0.1, 0.15) is 0 Å². The molecular formula is C10H15FN2O. The van der Waals surface area contributed by atoms with Crippen molar-refractivity contribution >= 4 is 0 Å². The summed E-state index contributed by atoms with van der Waals surface area (Å²) in [6, 6.07) is 0.960. The fourth-order valence-corrected chi connectivity index (χ4v) is 1.30. The van der Waals surface area contributed by atoms with E-state index in [4.69, 9.17) is 5.73 Å². The molecule has 2 atom stereocenters. The third-order valence-corrected chi connectivity index (χ3v) is 2.31. The van der Waals surface area contributed by atoms with Crippen molar-refractivity contribution in [1.29, 1.82) is 0 Å². The molecule has 14 heavy (non-hydrogen) atoms. The maximum Gasteiger partial charge on any atom is 0.213 e. The molecule has 0 aromatic carbocycles. The van der Waals surface area contributed by atoms with Gasteiger partial charge in [-0.15, -0.1) is 0 Å². The van der Waals surface area contributed by atoms with Crippen molar-refractivity contribution in [2.24, 2.45) is 5.73 Å². The summed E-state index contributed by atoms with van der Waals surface area (Å²) in [4.78, 5) is 3.50. The molecule has 1 heterocycles. The quantitative estimate of drug-likeness (QED) is 0.720. The van der Waals surface area contributed by atoms with Gasteiger partial charge in [-0.3, -0.25) is 0 Å². The molecule has 4 heteroatoms. The van der Waals surface area contributed by atoms with E-state index in [1.807, 2.05) is 6.92 Å². The normalized spacial score (nSPS) is 15.2. The van der Waals surface area contributed by atoms with Gasteiger partial charge in [-0.2, -0.15) is 4.39 Å². The van der Waals surface area contributed by atoms with Gasteiger partial charge in [0.2, 0.25) is 5.95 Å². The number of aliphatic hydroxyl groups is 1. The lowest BCUT2D eigenvalue weighted by Crippen LogP contribution is -2.28. The van der Waals surface area contributed by atoms with Crippen molar-refractivity contribution in [3.63, 3.8) is 0 Å². The van der Waals surface area contributed by atoms with Crippen molar-refractivity contribution in [3.05, 3.63) is 29.3 Å². The Kier molecular flexibility index (Phi) is 3.55. The second-order valence-electron chi connectivity index (χ2n) is 3.38. The molecule has 0 fully saturated rings. The van der Waals surface area contributed by atoms with E-state index < -0.39 is 12.1 Å². The molecule has 0 aliphatic heterocycles. The van der Waals surface area contributed by atoms with Crippen molar-refractivity contribution in [2.75, 3.05) is 0 Å². The molecule has 3 N–H and O–H groups in total. The predicted molar refractivity (Wildman–Crippen MR) is 52.2 cm³/mol. The van der Waals surface area contributed by atoms with Gasteiger partial charge in [-0.05, 0) is 25.0 Å². The van der Waals surface area contributed by atoms with Gasteiger partial charge in [0, 0.05) is 17.8 Å². The summed E-state index contributed by atoms with van der Waals surface area (Å²) in [7, 11) is 0. The molecule has 0 aliphatic carbocycles. The first-order valence-corrected chi connectivity index (χ1v) is 4.62. The van der Waals surface area contributed by atoms with Crippen LogP contribution in [0.1, 0.15) is 30.6 Å². The van der Waals surface area contributed by atoms with Crippen LogP contribution in [0.15, 0.2) is 12.3 Å². The molecule has 0 unspecified atom stereocenters. The largest absolute Gasteiger partial charge is 0.387 e. The maximum absolute atomic E-state index is 12.7. The molecule has 1 aromatic heterocycles. The van der Waals surface area contributed by atoms with Crippen LogP contribution in [-0.4, -0.2) is 16.1 Å². The number of hydrogen-bond donors (Lipinski definition) is 2. The van der Waals surface area contributed by atoms with Crippen LogP contribution in [0.25, 0.3) is 0 Å². The van der Waals surface area contributed by atoms with Crippen LogP contribution >= 0.6 is 0 Å². The molecule has 78 valence electrons. The number of aliphatic hydroxyl groups excluding tert-OH is 1. The Labute approximate surface area is 82.8 Å². The highest BCUT2D eigenvalue weighted by Crippen LogP contribution is 2.20. The lowest BCUT2D eigenvalue weighted by atomic mass is 9.99. The maximum atomic E-state index is 12.7. The van der Waals surface area contributed by atoms with Crippen LogP contribution in [0, 0.1) is 12.9 Å². The van der Waals surface area contributed by atoms with Crippen LogP contribution in [0.3, 0.4) is 0 Å². The van der Waals surface area contributed by atoms with Gasteiger partial charge >= 0.3 is 0 Å². The number of nitrogens with zero attached hydrogens (tertiary/aromatic N) is 1. The average Bonchev–Trinajstić information content (AvgIpc) is 2.15. The summed E-state index contributed by atoms with van der Waals surface area (Å²) >= 11 is 0. The number of nitrogens with two attached hydrogens (primary N) is 1. The third kappa shape index (κ3) is 2.27. The minimum Gasteiger partial charge on any atom is -0.387 e. The Hall–Kier alpha value is -1.00. The Morgan fingerprint density at radius 2 is 2.29 bits per heavy atom. The molecule has 0 radical (unpaired) electrons. The fraction of sp³-hybridized carbons (Fsp3) is 0.500. The van der Waals surface area contributed by atoms with E-state index >= 15 is 0 Å². The van der Waals surface area contributed by atoms with Crippen LogP contribution in [0.5, 0.6) is 0 Å². The van der Waals surface area contributed by atoms with E-state index in [9.17, 15) is 9.50 Å². The monoisotopic (exact) mass is 198 g/mol. The Balaban J connectivity index is 2.95. The van der Waals surface area contributed by atoms with Gasteiger partial charge in [0.05, 0.1) is 6.10 Å². The number of rotatable bonds is 3. The van der Waals surface area contributed by atoms with Gasteiger partial charge in [0.25, 0.3) is 0 Å². The average molecular weight is 198 g/mol. The minimum absolute atomic E-state index is 0.332. The first-order valence-electron chi connectivity index (χ1n) is 4.62. The molecule has 1 aromatic rings. The van der Waals surface area contributed by atoms with E-state index in [1.54, 1.807) is 6.92 Å². The molecule has 0 amide bonds. The minimum atomic E-state index is -0.770. The predicted octanol–water partition coefficient (Wildman–Crippen LogP) is 1.30. The summed E-state index contributed by atoms with van der Waals surface area (Å²) in [6.07, 6.45) is 1.23. The van der Waals surface area contributed by atoms with Crippen LogP contribution in [0.2, 0.25) is 0 Å². The van der Waals surface area contributed by atoms with E-state index in [1.165, 1.54) is 12.3 Å². The van der Waals surface area contributed by atoms with Crippen LogP contribution in [0.4, 0.5) is 4.39 Å². The van der Waals surface area contributed by atoms with E-state index in [-0.39, 0.29) is 6.04 Å². The summed E-state index contributed by atoms with van der Waals surface area (Å²) in [6.45, 7) is 3.62. The van der Waals surface area contributed by atoms with Crippen molar-refractivity contribution in [1.82, 2.24) is 4.98 Å². The molecular weight excluding hydrogens is 183 g/mol. The van der Waals surface area contributed by atoms with Gasteiger partial charge in [-0.1, -0.05) is 6.92 Å². The number of halogens is 1. The number of aryl methyl sites for hydroxylation is 1. The van der Waals surface area contributed by atoms with Gasteiger partial charge in [-0.25, -0.2) is 4.98 Å². The lowest BCUT2D eigenvalue weighted by molar-refractivity contribution is 0.143. The zero-order valence-corrected chi connectivity index (χ0v) is 8.37. The summed E-state index contributed by atoms with van der Waals surface area (Å²) in [5, 5.41) is 9.77. The third-order valence-electron chi connectivity index (χ3n) is 2.31. The van der Waals surface area contributed by atoms with Crippen molar-refractivity contribution in [2.45, 2.75) is 32.4 Å². The molecule has 0 spiro atoms. The smallest absolute Gasteiger partial charge is 0.213 e. The molecule has 0 bridgehead atoms. The standard InChI is InChI=1S/C10H15FN2O/c1-3-8(12)10(14)7-5-13-9(11)4-6(7)2/h4-5,8,10,14H,3,12H2,1-2H3/t8-,10+/m1/s1. The number of hydrogen-bond acceptors (Lipinski definition) is 3. The summed E-state index contributed by atoms with van der Waals surface area (Å²) in [5.41, 5.74) is 6.96. The Morgan fingerprint density at radius 3 is 2.79 bits per heavy atom. The second kappa shape index (κ2) is 4.48. The highest BCUT2D eigenvalue weighted by atomic mass is 19.1. The van der Waals surface area contributed by atoms with Gasteiger partial charge in [0.15, 0.2) is 0 Å². The van der Waals surface area contributed by atoms with E-state index in [2.05, 4.69) is 4.98 Å². The van der Waals surface area contributed by atoms with Crippen LogP contribution in [-0.2, 0) is 0 Å². The zero-order valence-electron chi connectivity index (χ0n) is 8.37.